The second-order valence-corrected chi connectivity index (χ2v) is 5.03. The summed E-state index contributed by atoms with van der Waals surface area (Å²) in [4.78, 5) is 2.56. The van der Waals surface area contributed by atoms with Crippen LogP contribution in [0.15, 0.2) is 18.5 Å². The van der Waals surface area contributed by atoms with Crippen molar-refractivity contribution in [2.75, 3.05) is 26.7 Å². The summed E-state index contributed by atoms with van der Waals surface area (Å²) in [5.74, 6) is 0.848. The first-order valence-electron chi connectivity index (χ1n) is 6.66. The van der Waals surface area contributed by atoms with Crippen LogP contribution < -0.4 is 5.32 Å². The molecule has 0 aliphatic carbocycles. The standard InChI is InChI=1S/C13H24N4/c1-12(14-2)13-4-8-16(9-5-13)10-11-17-7-3-6-15-17/h3,6-7,12-14H,4-5,8-11H2,1-2H3. The molecule has 0 spiro atoms. The molecule has 0 saturated carbocycles. The van der Waals surface area contributed by atoms with E-state index in [1.807, 2.05) is 23.1 Å². The highest BCUT2D eigenvalue weighted by Crippen LogP contribution is 2.20. The third-order valence-electron chi connectivity index (χ3n) is 4.00. The molecule has 1 atom stereocenters. The van der Waals surface area contributed by atoms with Gasteiger partial charge in [0, 0.05) is 25.0 Å². The molecule has 96 valence electrons. The van der Waals surface area contributed by atoms with Crippen LogP contribution >= 0.6 is 0 Å². The highest BCUT2D eigenvalue weighted by Gasteiger charge is 2.22. The zero-order valence-corrected chi connectivity index (χ0v) is 11.0. The minimum absolute atomic E-state index is 0.656. The smallest absolute Gasteiger partial charge is 0.0536 e. The summed E-state index contributed by atoms with van der Waals surface area (Å²) < 4.78 is 2.02. The van der Waals surface area contributed by atoms with E-state index in [0.29, 0.717) is 6.04 Å². The lowest BCUT2D eigenvalue weighted by atomic mass is 9.90. The molecular weight excluding hydrogens is 212 g/mol. The molecule has 1 aliphatic rings. The van der Waals surface area contributed by atoms with Crippen molar-refractivity contribution in [1.82, 2.24) is 20.0 Å². The fourth-order valence-electron chi connectivity index (χ4n) is 2.59. The van der Waals surface area contributed by atoms with E-state index >= 15 is 0 Å². The normalized spacial score (nSPS) is 20.6. The first-order valence-corrected chi connectivity index (χ1v) is 6.66. The Kier molecular flexibility index (Phi) is 4.57. The van der Waals surface area contributed by atoms with E-state index in [-0.39, 0.29) is 0 Å². The lowest BCUT2D eigenvalue weighted by Crippen LogP contribution is -2.41. The molecule has 0 amide bonds. The monoisotopic (exact) mass is 236 g/mol. The Morgan fingerprint density at radius 1 is 1.35 bits per heavy atom. The van der Waals surface area contributed by atoms with E-state index in [2.05, 4.69) is 29.3 Å². The van der Waals surface area contributed by atoms with Crippen LogP contribution in [0.1, 0.15) is 19.8 Å². The molecule has 1 N–H and O–H groups in total. The van der Waals surface area contributed by atoms with Gasteiger partial charge in [0.05, 0.1) is 6.54 Å². The molecule has 4 heteroatoms. The van der Waals surface area contributed by atoms with Crippen molar-refractivity contribution in [3.05, 3.63) is 18.5 Å². The first kappa shape index (κ1) is 12.6. The van der Waals surface area contributed by atoms with Gasteiger partial charge in [0.2, 0.25) is 0 Å². The van der Waals surface area contributed by atoms with Crippen molar-refractivity contribution in [3.63, 3.8) is 0 Å². The molecule has 1 unspecified atom stereocenters. The molecule has 2 heterocycles. The van der Waals surface area contributed by atoms with Gasteiger partial charge >= 0.3 is 0 Å². The Morgan fingerprint density at radius 2 is 2.12 bits per heavy atom. The fraction of sp³-hybridized carbons (Fsp3) is 0.769. The molecule has 0 bridgehead atoms. The van der Waals surface area contributed by atoms with E-state index in [1.165, 1.54) is 25.9 Å². The van der Waals surface area contributed by atoms with E-state index in [1.54, 1.807) is 0 Å². The summed E-state index contributed by atoms with van der Waals surface area (Å²) in [5, 5.41) is 7.61. The van der Waals surface area contributed by atoms with Gasteiger partial charge in [0.25, 0.3) is 0 Å². The van der Waals surface area contributed by atoms with Gasteiger partial charge in [-0.2, -0.15) is 5.10 Å². The molecule has 2 rings (SSSR count). The molecule has 4 nitrogen and oxygen atoms in total. The van der Waals surface area contributed by atoms with Gasteiger partial charge in [0.1, 0.15) is 0 Å². The zero-order chi connectivity index (χ0) is 12.1. The van der Waals surface area contributed by atoms with Crippen molar-refractivity contribution in [2.45, 2.75) is 32.4 Å². The first-order chi connectivity index (χ1) is 8.29. The minimum Gasteiger partial charge on any atom is -0.317 e. The number of aromatic nitrogens is 2. The topological polar surface area (TPSA) is 33.1 Å². The van der Waals surface area contributed by atoms with Crippen molar-refractivity contribution >= 4 is 0 Å². The zero-order valence-electron chi connectivity index (χ0n) is 11.0. The predicted molar refractivity (Wildman–Crippen MR) is 69.9 cm³/mol. The fourth-order valence-corrected chi connectivity index (χ4v) is 2.59. The Hall–Kier alpha value is -0.870. The van der Waals surface area contributed by atoms with Crippen LogP contribution in [0.3, 0.4) is 0 Å². The van der Waals surface area contributed by atoms with Gasteiger partial charge in [-0.25, -0.2) is 0 Å². The second kappa shape index (κ2) is 6.17. The molecular formula is C13H24N4. The van der Waals surface area contributed by atoms with E-state index < -0.39 is 0 Å². The number of hydrogen-bond acceptors (Lipinski definition) is 3. The third-order valence-corrected chi connectivity index (χ3v) is 4.00. The second-order valence-electron chi connectivity index (χ2n) is 5.03. The van der Waals surface area contributed by atoms with E-state index in [9.17, 15) is 0 Å². The molecule has 1 aromatic heterocycles. The van der Waals surface area contributed by atoms with Crippen LogP contribution in [0.5, 0.6) is 0 Å². The number of rotatable bonds is 5. The van der Waals surface area contributed by atoms with Crippen molar-refractivity contribution < 1.29 is 0 Å². The van der Waals surface area contributed by atoms with Crippen LogP contribution in [0, 0.1) is 5.92 Å². The SMILES string of the molecule is CNC(C)C1CCN(CCn2cccn2)CC1. The maximum Gasteiger partial charge on any atom is 0.0536 e. The molecule has 0 radical (unpaired) electrons. The molecule has 0 aromatic carbocycles. The summed E-state index contributed by atoms with van der Waals surface area (Å²) in [6.45, 7) is 6.90. The number of piperidine rings is 1. The molecule has 1 aromatic rings. The highest BCUT2D eigenvalue weighted by molar-refractivity contribution is 4.80. The molecule has 1 saturated heterocycles. The van der Waals surface area contributed by atoms with Crippen LogP contribution in [-0.2, 0) is 6.54 Å². The number of nitrogens with zero attached hydrogens (tertiary/aromatic N) is 3. The van der Waals surface area contributed by atoms with Crippen LogP contribution in [0.4, 0.5) is 0 Å². The largest absolute Gasteiger partial charge is 0.317 e. The van der Waals surface area contributed by atoms with Crippen LogP contribution in [0.25, 0.3) is 0 Å². The van der Waals surface area contributed by atoms with Crippen LogP contribution in [-0.4, -0.2) is 47.4 Å². The molecule has 1 aliphatic heterocycles. The summed E-state index contributed by atoms with van der Waals surface area (Å²) in [7, 11) is 2.06. The van der Waals surface area contributed by atoms with Gasteiger partial charge in [-0.15, -0.1) is 0 Å². The molecule has 1 fully saturated rings. The predicted octanol–water partition coefficient (Wildman–Crippen LogP) is 1.20. The molecule has 17 heavy (non-hydrogen) atoms. The lowest BCUT2D eigenvalue weighted by molar-refractivity contribution is 0.159. The van der Waals surface area contributed by atoms with Gasteiger partial charge < -0.3 is 10.2 Å². The minimum atomic E-state index is 0.656. The van der Waals surface area contributed by atoms with E-state index in [0.717, 1.165) is 19.0 Å². The number of nitrogens with one attached hydrogen (secondary N) is 1. The Morgan fingerprint density at radius 3 is 2.71 bits per heavy atom. The lowest BCUT2D eigenvalue weighted by Gasteiger charge is -2.34. The summed E-state index contributed by atoms with van der Waals surface area (Å²) in [6, 6.07) is 2.64. The van der Waals surface area contributed by atoms with Crippen molar-refractivity contribution in [2.24, 2.45) is 5.92 Å². The average Bonchev–Trinajstić information content (AvgIpc) is 2.89. The number of likely N-dealkylation sites (tertiary alicyclic amines) is 1. The van der Waals surface area contributed by atoms with Gasteiger partial charge in [-0.3, -0.25) is 4.68 Å². The highest BCUT2D eigenvalue weighted by atomic mass is 15.3. The van der Waals surface area contributed by atoms with Crippen molar-refractivity contribution in [1.29, 1.82) is 0 Å². The maximum atomic E-state index is 4.24. The van der Waals surface area contributed by atoms with Gasteiger partial charge in [-0.05, 0) is 51.9 Å². The van der Waals surface area contributed by atoms with Crippen LogP contribution in [0.2, 0.25) is 0 Å². The Bertz CT molecular complexity index is 301. The Labute approximate surface area is 104 Å². The van der Waals surface area contributed by atoms with Gasteiger partial charge in [0.15, 0.2) is 0 Å². The maximum absolute atomic E-state index is 4.24. The van der Waals surface area contributed by atoms with Crippen molar-refractivity contribution in [3.8, 4) is 0 Å². The number of hydrogen-bond donors (Lipinski definition) is 1. The summed E-state index contributed by atoms with van der Waals surface area (Å²) in [6.07, 6.45) is 6.53. The quantitative estimate of drug-likeness (QED) is 0.834. The van der Waals surface area contributed by atoms with Gasteiger partial charge in [-0.1, -0.05) is 0 Å². The average molecular weight is 236 g/mol. The summed E-state index contributed by atoms with van der Waals surface area (Å²) in [5.41, 5.74) is 0. The summed E-state index contributed by atoms with van der Waals surface area (Å²) >= 11 is 0. The third kappa shape index (κ3) is 3.54. The Balaban J connectivity index is 1.68. The van der Waals surface area contributed by atoms with E-state index in [4.69, 9.17) is 0 Å².